The van der Waals surface area contributed by atoms with Crippen LogP contribution in [-0.2, 0) is 10.0 Å². The van der Waals surface area contributed by atoms with Gasteiger partial charge in [0, 0.05) is 13.1 Å². The van der Waals surface area contributed by atoms with Crippen molar-refractivity contribution in [2.45, 2.75) is 24.3 Å². The van der Waals surface area contributed by atoms with Gasteiger partial charge in [0.1, 0.15) is 11.3 Å². The third-order valence-electron chi connectivity index (χ3n) is 3.18. The summed E-state index contributed by atoms with van der Waals surface area (Å²) >= 11 is 0. The number of phenols is 1. The van der Waals surface area contributed by atoms with Gasteiger partial charge in [-0.1, -0.05) is 0 Å². The second-order valence-corrected chi connectivity index (χ2v) is 7.12. The number of benzene rings is 1. The number of sulfonamides is 1. The van der Waals surface area contributed by atoms with Crippen LogP contribution in [0.25, 0.3) is 0 Å². The Kier molecular flexibility index (Phi) is 3.28. The molecule has 1 heterocycles. The number of carboxylic acids is 1. The molecule has 0 radical (unpaired) electrons. The number of nitrogens with zero attached hydrogens (tertiary/aromatic N) is 1. The number of aromatic carboxylic acids is 1. The molecule has 1 aliphatic heterocycles. The lowest BCUT2D eigenvalue weighted by Gasteiger charge is -2.43. The summed E-state index contributed by atoms with van der Waals surface area (Å²) in [5, 5.41) is 28.1. The first kappa shape index (κ1) is 14.8. The van der Waals surface area contributed by atoms with Crippen LogP contribution >= 0.6 is 0 Å². The van der Waals surface area contributed by atoms with Crippen molar-refractivity contribution in [2.24, 2.45) is 0 Å². The lowest BCUT2D eigenvalue weighted by atomic mass is 10.0. The van der Waals surface area contributed by atoms with Crippen molar-refractivity contribution in [1.29, 1.82) is 0 Å². The van der Waals surface area contributed by atoms with Gasteiger partial charge in [-0.2, -0.15) is 4.31 Å². The standard InChI is InChI=1S/C12H15NO6S/c1-7-3-9(14)8(11(15)16)4-10(7)20(18,19)13-5-12(2,17)6-13/h3-4,14,17H,5-6H2,1-2H3,(H,15,16). The maximum Gasteiger partial charge on any atom is 0.339 e. The Bertz CT molecular complexity index is 671. The van der Waals surface area contributed by atoms with Crippen molar-refractivity contribution >= 4 is 16.0 Å². The fourth-order valence-corrected chi connectivity index (χ4v) is 4.05. The number of hydrogen-bond donors (Lipinski definition) is 3. The first-order valence-corrected chi connectivity index (χ1v) is 7.28. The number of rotatable bonds is 3. The minimum atomic E-state index is -3.88. The van der Waals surface area contributed by atoms with Crippen molar-refractivity contribution in [3.8, 4) is 5.75 Å². The molecule has 1 saturated heterocycles. The Morgan fingerprint density at radius 1 is 1.35 bits per heavy atom. The quantitative estimate of drug-likeness (QED) is 0.732. The molecule has 0 aliphatic carbocycles. The smallest absolute Gasteiger partial charge is 0.339 e. The van der Waals surface area contributed by atoms with Gasteiger partial charge in [-0.15, -0.1) is 0 Å². The number of aryl methyl sites for hydroxylation is 1. The van der Waals surface area contributed by atoms with Crippen LogP contribution in [0.15, 0.2) is 17.0 Å². The monoisotopic (exact) mass is 301 g/mol. The highest BCUT2D eigenvalue weighted by molar-refractivity contribution is 7.89. The topological polar surface area (TPSA) is 115 Å². The number of carbonyl (C=O) groups is 1. The zero-order valence-corrected chi connectivity index (χ0v) is 11.8. The predicted molar refractivity (Wildman–Crippen MR) is 69.2 cm³/mol. The highest BCUT2D eigenvalue weighted by Gasteiger charge is 2.44. The fraction of sp³-hybridized carbons (Fsp3) is 0.417. The summed E-state index contributed by atoms with van der Waals surface area (Å²) in [5.74, 6) is -1.89. The van der Waals surface area contributed by atoms with Gasteiger partial charge in [-0.3, -0.25) is 0 Å². The van der Waals surface area contributed by atoms with E-state index < -0.39 is 32.9 Å². The van der Waals surface area contributed by atoms with Crippen molar-refractivity contribution < 1.29 is 28.5 Å². The molecule has 1 aromatic carbocycles. The van der Waals surface area contributed by atoms with Crippen molar-refractivity contribution in [1.82, 2.24) is 4.31 Å². The summed E-state index contributed by atoms with van der Waals surface area (Å²) in [4.78, 5) is 10.8. The van der Waals surface area contributed by atoms with Gasteiger partial charge in [0.05, 0.1) is 10.5 Å². The van der Waals surface area contributed by atoms with E-state index in [-0.39, 0.29) is 23.5 Å². The van der Waals surface area contributed by atoms with E-state index in [0.29, 0.717) is 0 Å². The second kappa shape index (κ2) is 4.44. The van der Waals surface area contributed by atoms with Gasteiger partial charge in [-0.05, 0) is 31.5 Å². The third kappa shape index (κ3) is 2.37. The van der Waals surface area contributed by atoms with E-state index in [0.717, 1.165) is 16.4 Å². The summed E-state index contributed by atoms with van der Waals surface area (Å²) in [6.07, 6.45) is 0. The molecule has 2 rings (SSSR count). The molecule has 0 spiro atoms. The van der Waals surface area contributed by atoms with E-state index in [1.54, 1.807) is 0 Å². The lowest BCUT2D eigenvalue weighted by Crippen LogP contribution is -2.61. The zero-order chi connectivity index (χ0) is 15.3. The molecule has 1 fully saturated rings. The van der Waals surface area contributed by atoms with Gasteiger partial charge in [0.15, 0.2) is 0 Å². The minimum Gasteiger partial charge on any atom is -0.507 e. The third-order valence-corrected chi connectivity index (χ3v) is 5.11. The molecule has 0 saturated carbocycles. The number of hydrogen-bond acceptors (Lipinski definition) is 5. The maximum absolute atomic E-state index is 12.3. The molecule has 20 heavy (non-hydrogen) atoms. The summed E-state index contributed by atoms with van der Waals surface area (Å²) in [6, 6.07) is 2.05. The van der Waals surface area contributed by atoms with E-state index in [4.69, 9.17) is 5.11 Å². The van der Waals surface area contributed by atoms with E-state index in [1.807, 2.05) is 0 Å². The SMILES string of the molecule is Cc1cc(O)c(C(=O)O)cc1S(=O)(=O)N1CC(C)(O)C1. The van der Waals surface area contributed by atoms with Gasteiger partial charge in [0.2, 0.25) is 10.0 Å². The molecule has 0 atom stereocenters. The van der Waals surface area contributed by atoms with Crippen LogP contribution in [0.1, 0.15) is 22.8 Å². The summed E-state index contributed by atoms with van der Waals surface area (Å²) in [5.41, 5.74) is -1.28. The Morgan fingerprint density at radius 3 is 2.35 bits per heavy atom. The molecule has 7 nitrogen and oxygen atoms in total. The number of aliphatic hydroxyl groups is 1. The number of β-amino-alcohol motifs (C(OH)–C–C–N with tert-alkyl or cyclic N) is 1. The van der Waals surface area contributed by atoms with Gasteiger partial charge < -0.3 is 15.3 Å². The Hall–Kier alpha value is -1.64. The number of carboxylic acid groups (broad SMARTS) is 1. The molecule has 3 N–H and O–H groups in total. The first-order valence-electron chi connectivity index (χ1n) is 5.84. The molecule has 0 aromatic heterocycles. The van der Waals surface area contributed by atoms with Crippen LogP contribution in [-0.4, -0.2) is 52.7 Å². The summed E-state index contributed by atoms with van der Waals surface area (Å²) in [6.45, 7) is 2.90. The minimum absolute atomic E-state index is 0.0436. The Labute approximate surface area is 116 Å². The van der Waals surface area contributed by atoms with Crippen LogP contribution in [0.4, 0.5) is 0 Å². The largest absolute Gasteiger partial charge is 0.507 e. The lowest BCUT2D eigenvalue weighted by molar-refractivity contribution is -0.0426. The van der Waals surface area contributed by atoms with Crippen molar-refractivity contribution in [2.75, 3.05) is 13.1 Å². The molecule has 110 valence electrons. The van der Waals surface area contributed by atoms with E-state index in [2.05, 4.69) is 0 Å². The van der Waals surface area contributed by atoms with Crippen LogP contribution < -0.4 is 0 Å². The molecule has 1 aliphatic rings. The van der Waals surface area contributed by atoms with Crippen LogP contribution in [0.5, 0.6) is 5.75 Å². The average molecular weight is 301 g/mol. The van der Waals surface area contributed by atoms with E-state index >= 15 is 0 Å². The molecule has 0 unspecified atom stereocenters. The van der Waals surface area contributed by atoms with Crippen LogP contribution in [0.2, 0.25) is 0 Å². The van der Waals surface area contributed by atoms with Crippen LogP contribution in [0.3, 0.4) is 0 Å². The van der Waals surface area contributed by atoms with Gasteiger partial charge in [0.25, 0.3) is 0 Å². The Morgan fingerprint density at radius 2 is 1.90 bits per heavy atom. The highest BCUT2D eigenvalue weighted by Crippen LogP contribution is 2.32. The van der Waals surface area contributed by atoms with Gasteiger partial charge in [-0.25, -0.2) is 13.2 Å². The predicted octanol–water partition coefficient (Wildman–Crippen LogP) is 0.154. The van der Waals surface area contributed by atoms with Crippen molar-refractivity contribution in [3.05, 3.63) is 23.3 Å². The van der Waals surface area contributed by atoms with Gasteiger partial charge >= 0.3 is 5.97 Å². The second-order valence-electron chi connectivity index (χ2n) is 5.21. The summed E-state index contributed by atoms with van der Waals surface area (Å²) in [7, 11) is -3.88. The highest BCUT2D eigenvalue weighted by atomic mass is 32.2. The number of aromatic hydroxyl groups is 1. The molecule has 8 heteroatoms. The van der Waals surface area contributed by atoms with E-state index in [9.17, 15) is 23.4 Å². The van der Waals surface area contributed by atoms with E-state index in [1.165, 1.54) is 13.8 Å². The molecule has 1 aromatic rings. The van der Waals surface area contributed by atoms with Crippen molar-refractivity contribution in [3.63, 3.8) is 0 Å². The summed E-state index contributed by atoms with van der Waals surface area (Å²) < 4.78 is 25.8. The average Bonchev–Trinajstić information content (AvgIpc) is 2.24. The van der Waals surface area contributed by atoms with Crippen LogP contribution in [0, 0.1) is 6.92 Å². The maximum atomic E-state index is 12.3. The zero-order valence-electron chi connectivity index (χ0n) is 11.0. The Balaban J connectivity index is 2.47. The molecular weight excluding hydrogens is 286 g/mol. The fourth-order valence-electron chi connectivity index (χ4n) is 2.14. The first-order chi connectivity index (χ1) is 9.04. The molecule has 0 amide bonds. The molecular formula is C12H15NO6S. The molecule has 0 bridgehead atoms. The normalized spacial score (nSPS) is 18.6.